The monoisotopic (exact) mass is 509 g/mol. The molecule has 7 heteroatoms. The second kappa shape index (κ2) is 10.9. The molecule has 0 bridgehead atoms. The van der Waals surface area contributed by atoms with Crippen molar-refractivity contribution in [2.24, 2.45) is 0 Å². The number of benzene rings is 3. The summed E-state index contributed by atoms with van der Waals surface area (Å²) < 4.78 is 11.5. The van der Waals surface area contributed by atoms with Gasteiger partial charge < -0.3 is 19.4 Å². The fraction of sp³-hybridized carbons (Fsp3) is 0.258. The number of ether oxygens (including phenoxy) is 1. The van der Waals surface area contributed by atoms with Crippen molar-refractivity contribution in [2.45, 2.75) is 46.3 Å². The first-order valence-corrected chi connectivity index (χ1v) is 12.9. The molecule has 1 aliphatic heterocycles. The summed E-state index contributed by atoms with van der Waals surface area (Å²) in [5.74, 6) is 0.732. The van der Waals surface area contributed by atoms with E-state index in [1.54, 1.807) is 0 Å². The second-order valence-corrected chi connectivity index (χ2v) is 9.60. The predicted octanol–water partition coefficient (Wildman–Crippen LogP) is 6.01. The van der Waals surface area contributed by atoms with E-state index in [0.717, 1.165) is 23.1 Å². The summed E-state index contributed by atoms with van der Waals surface area (Å²) in [5, 5.41) is 2.83. The smallest absolute Gasteiger partial charge is 0.277 e. The number of aromatic nitrogens is 1. The minimum Gasteiger partial charge on any atom is -0.484 e. The molecule has 0 aliphatic carbocycles. The Balaban J connectivity index is 1.33. The highest BCUT2D eigenvalue weighted by molar-refractivity contribution is 6.02. The molecule has 1 unspecified atom stereocenters. The first kappa shape index (κ1) is 25.3. The van der Waals surface area contributed by atoms with E-state index in [9.17, 15) is 9.59 Å². The van der Waals surface area contributed by atoms with Gasteiger partial charge in [0.15, 0.2) is 12.3 Å². The van der Waals surface area contributed by atoms with E-state index in [4.69, 9.17) is 9.15 Å². The van der Waals surface area contributed by atoms with Crippen LogP contribution in [0.25, 0.3) is 0 Å². The molecule has 1 atom stereocenters. The molecule has 0 radical (unpaired) electrons. The van der Waals surface area contributed by atoms with E-state index >= 15 is 0 Å². The van der Waals surface area contributed by atoms with Crippen molar-refractivity contribution in [3.05, 3.63) is 112 Å². The van der Waals surface area contributed by atoms with Crippen LogP contribution in [0.5, 0.6) is 5.75 Å². The Bertz CT molecular complexity index is 1460. The largest absolute Gasteiger partial charge is 0.484 e. The van der Waals surface area contributed by atoms with Crippen molar-refractivity contribution >= 4 is 17.5 Å². The van der Waals surface area contributed by atoms with Crippen LogP contribution in [-0.4, -0.2) is 28.2 Å². The van der Waals surface area contributed by atoms with Crippen LogP contribution in [0, 0.1) is 13.8 Å². The molecule has 7 nitrogen and oxygen atoms in total. The van der Waals surface area contributed by atoms with Crippen molar-refractivity contribution < 1.29 is 18.7 Å². The number of hydrogen-bond donors (Lipinski definition) is 1. The van der Waals surface area contributed by atoms with Crippen LogP contribution in [0.2, 0.25) is 0 Å². The Labute approximate surface area is 222 Å². The molecule has 5 rings (SSSR count). The minimum absolute atomic E-state index is 0.0727. The fourth-order valence-electron chi connectivity index (χ4n) is 4.81. The van der Waals surface area contributed by atoms with Crippen LogP contribution < -0.4 is 10.1 Å². The topological polar surface area (TPSA) is 84.7 Å². The van der Waals surface area contributed by atoms with Crippen molar-refractivity contribution in [2.75, 3.05) is 11.9 Å². The number of fused-ring (bicyclic) bond motifs is 1. The minimum atomic E-state index is -0.346. The van der Waals surface area contributed by atoms with Gasteiger partial charge in [0, 0.05) is 18.7 Å². The van der Waals surface area contributed by atoms with Gasteiger partial charge >= 0.3 is 0 Å². The van der Waals surface area contributed by atoms with Gasteiger partial charge in [0.1, 0.15) is 12.0 Å². The third kappa shape index (κ3) is 5.47. The molecule has 194 valence electrons. The van der Waals surface area contributed by atoms with Gasteiger partial charge in [-0.05, 0) is 66.8 Å². The van der Waals surface area contributed by atoms with E-state index in [-0.39, 0.29) is 30.2 Å². The van der Waals surface area contributed by atoms with Gasteiger partial charge in [-0.2, -0.15) is 0 Å². The highest BCUT2D eigenvalue weighted by Gasteiger charge is 2.31. The lowest BCUT2D eigenvalue weighted by Crippen LogP contribution is -2.40. The Morgan fingerprint density at radius 3 is 2.63 bits per heavy atom. The number of hydrogen-bond acceptors (Lipinski definition) is 5. The molecule has 2 amide bonds. The predicted molar refractivity (Wildman–Crippen MR) is 145 cm³/mol. The van der Waals surface area contributed by atoms with E-state index in [1.165, 1.54) is 17.4 Å². The van der Waals surface area contributed by atoms with E-state index < -0.39 is 0 Å². The Morgan fingerprint density at radius 2 is 1.87 bits per heavy atom. The van der Waals surface area contributed by atoms with Crippen molar-refractivity contribution in [3.8, 4) is 5.75 Å². The molecule has 2 heterocycles. The zero-order chi connectivity index (χ0) is 26.6. The average molecular weight is 510 g/mol. The SMILES string of the molecule is CCC(=O)N1CCc2ccc(OCc3nc(C(=O)Nc4cccc(C)c4)co3)cc2C1c1ccc(C)cc1. The van der Waals surface area contributed by atoms with Crippen LogP contribution in [0.1, 0.15) is 63.6 Å². The number of aryl methyl sites for hydroxylation is 2. The first-order chi connectivity index (χ1) is 18.4. The number of carbonyl (C=O) groups excluding carboxylic acids is 2. The lowest BCUT2D eigenvalue weighted by Gasteiger charge is -2.38. The zero-order valence-corrected chi connectivity index (χ0v) is 21.9. The molecule has 0 fully saturated rings. The van der Waals surface area contributed by atoms with E-state index in [1.807, 2.05) is 55.1 Å². The number of carbonyl (C=O) groups is 2. The first-order valence-electron chi connectivity index (χ1n) is 12.9. The molecule has 4 aromatic rings. The Kier molecular flexibility index (Phi) is 7.26. The maximum Gasteiger partial charge on any atom is 0.277 e. The van der Waals surface area contributed by atoms with Crippen LogP contribution in [-0.2, 0) is 17.8 Å². The number of rotatable bonds is 7. The third-order valence-corrected chi connectivity index (χ3v) is 6.78. The highest BCUT2D eigenvalue weighted by atomic mass is 16.5. The summed E-state index contributed by atoms with van der Waals surface area (Å²) in [6.07, 6.45) is 2.58. The standard InChI is InChI=1S/C31H31N3O4/c1-4-29(35)34-15-14-22-12-13-25(17-26(22)30(34)23-10-8-20(2)9-11-23)37-19-28-33-27(18-38-28)31(36)32-24-7-5-6-21(3)16-24/h5-13,16-18,30H,4,14-15,19H2,1-3H3,(H,32,36). The summed E-state index contributed by atoms with van der Waals surface area (Å²) in [7, 11) is 0. The molecule has 38 heavy (non-hydrogen) atoms. The number of nitrogens with one attached hydrogen (secondary N) is 1. The fourth-order valence-corrected chi connectivity index (χ4v) is 4.81. The maximum atomic E-state index is 12.9. The quantitative estimate of drug-likeness (QED) is 0.330. The maximum absolute atomic E-state index is 12.9. The molecule has 1 aliphatic rings. The number of anilines is 1. The summed E-state index contributed by atoms with van der Waals surface area (Å²) in [6.45, 7) is 6.67. The molecule has 0 saturated heterocycles. The molecule has 1 aromatic heterocycles. The lowest BCUT2D eigenvalue weighted by molar-refractivity contribution is -0.132. The van der Waals surface area contributed by atoms with Crippen molar-refractivity contribution in [3.63, 3.8) is 0 Å². The molecular weight excluding hydrogens is 478 g/mol. The molecular formula is C31H31N3O4. The van der Waals surface area contributed by atoms with Crippen LogP contribution >= 0.6 is 0 Å². The van der Waals surface area contributed by atoms with Crippen molar-refractivity contribution in [1.29, 1.82) is 0 Å². The van der Waals surface area contributed by atoms with Crippen LogP contribution in [0.3, 0.4) is 0 Å². The average Bonchev–Trinajstić information content (AvgIpc) is 3.41. The van der Waals surface area contributed by atoms with Gasteiger partial charge in [-0.25, -0.2) is 4.98 Å². The summed E-state index contributed by atoms with van der Waals surface area (Å²) in [5.41, 5.74) is 6.45. The number of amides is 2. The molecule has 0 spiro atoms. The molecule has 3 aromatic carbocycles. The summed E-state index contributed by atoms with van der Waals surface area (Å²) in [6, 6.07) is 21.7. The Morgan fingerprint density at radius 1 is 1.05 bits per heavy atom. The van der Waals surface area contributed by atoms with Gasteiger partial charge in [0.25, 0.3) is 5.91 Å². The normalized spacial score (nSPS) is 14.6. The zero-order valence-electron chi connectivity index (χ0n) is 21.9. The summed E-state index contributed by atoms with van der Waals surface area (Å²) >= 11 is 0. The summed E-state index contributed by atoms with van der Waals surface area (Å²) in [4.78, 5) is 31.7. The number of oxazole rings is 1. The molecule has 1 N–H and O–H groups in total. The number of nitrogens with zero attached hydrogens (tertiary/aromatic N) is 2. The van der Waals surface area contributed by atoms with E-state index in [0.29, 0.717) is 30.3 Å². The van der Waals surface area contributed by atoms with Gasteiger partial charge in [-0.15, -0.1) is 0 Å². The van der Waals surface area contributed by atoms with Crippen molar-refractivity contribution in [1.82, 2.24) is 9.88 Å². The van der Waals surface area contributed by atoms with Gasteiger partial charge in [0.2, 0.25) is 11.8 Å². The third-order valence-electron chi connectivity index (χ3n) is 6.78. The van der Waals surface area contributed by atoms with Gasteiger partial charge in [-0.3, -0.25) is 9.59 Å². The van der Waals surface area contributed by atoms with Crippen LogP contribution in [0.15, 0.2) is 77.4 Å². The highest BCUT2D eigenvalue weighted by Crippen LogP contribution is 2.37. The van der Waals surface area contributed by atoms with Gasteiger partial charge in [0.05, 0.1) is 6.04 Å². The lowest BCUT2D eigenvalue weighted by atomic mass is 9.87. The van der Waals surface area contributed by atoms with Gasteiger partial charge in [-0.1, -0.05) is 55.0 Å². The van der Waals surface area contributed by atoms with E-state index in [2.05, 4.69) is 47.6 Å². The van der Waals surface area contributed by atoms with Crippen LogP contribution in [0.4, 0.5) is 5.69 Å². The Hall–Kier alpha value is -4.39. The molecule has 0 saturated carbocycles. The second-order valence-electron chi connectivity index (χ2n) is 9.60.